The number of rotatable bonds is 9. The fourth-order valence-corrected chi connectivity index (χ4v) is 3.69. The molecule has 0 atom stereocenters. The summed E-state index contributed by atoms with van der Waals surface area (Å²) in [5.41, 5.74) is 3.99. The van der Waals surface area contributed by atoms with E-state index < -0.39 is 0 Å². The normalized spacial score (nSPS) is 11.1. The van der Waals surface area contributed by atoms with Crippen LogP contribution in [0.15, 0.2) is 60.7 Å². The number of nitrogens with zero attached hydrogens (tertiary/aromatic N) is 1. The third-order valence-electron chi connectivity index (χ3n) is 4.73. The van der Waals surface area contributed by atoms with Gasteiger partial charge in [-0.15, -0.1) is 0 Å². The Hall–Kier alpha value is -2.73. The van der Waals surface area contributed by atoms with Gasteiger partial charge in [-0.3, -0.25) is 0 Å². The lowest BCUT2D eigenvalue weighted by atomic mass is 10.2. The van der Waals surface area contributed by atoms with E-state index in [2.05, 4.69) is 15.3 Å². The molecule has 1 aromatic heterocycles. The number of hydrogen-bond acceptors (Lipinski definition) is 4. The quantitative estimate of drug-likeness (QED) is 0.318. The first-order chi connectivity index (χ1) is 15.1. The molecule has 0 aliphatic rings. The zero-order valence-electron chi connectivity index (χ0n) is 17.1. The summed E-state index contributed by atoms with van der Waals surface area (Å²) in [6.07, 6.45) is 0. The third kappa shape index (κ3) is 5.50. The van der Waals surface area contributed by atoms with Gasteiger partial charge >= 0.3 is 0 Å². The van der Waals surface area contributed by atoms with Crippen molar-refractivity contribution in [1.29, 1.82) is 0 Å². The largest absolute Gasteiger partial charge is 0.490 e. The number of halogens is 2. The Bertz CT molecular complexity index is 1130. The molecule has 7 heteroatoms. The second-order valence-electron chi connectivity index (χ2n) is 7.06. The van der Waals surface area contributed by atoms with E-state index in [4.69, 9.17) is 32.7 Å². The summed E-state index contributed by atoms with van der Waals surface area (Å²) in [5, 5.41) is 4.60. The Kier molecular flexibility index (Phi) is 6.97. The van der Waals surface area contributed by atoms with Crippen molar-refractivity contribution in [2.24, 2.45) is 0 Å². The number of benzene rings is 3. The minimum absolute atomic E-state index is 0.376. The molecule has 0 fully saturated rings. The molecule has 0 spiro atoms. The van der Waals surface area contributed by atoms with Gasteiger partial charge in [0.05, 0.1) is 29.2 Å². The second-order valence-corrected chi connectivity index (χ2v) is 7.90. The highest BCUT2D eigenvalue weighted by molar-refractivity contribution is 6.32. The molecule has 1 heterocycles. The summed E-state index contributed by atoms with van der Waals surface area (Å²) in [6.45, 7) is 4.06. The highest BCUT2D eigenvalue weighted by Crippen LogP contribution is 2.37. The molecule has 4 aromatic rings. The molecule has 0 bridgehead atoms. The number of aromatic amines is 1. The van der Waals surface area contributed by atoms with Crippen LogP contribution in [0, 0.1) is 0 Å². The number of imidazole rings is 1. The van der Waals surface area contributed by atoms with Crippen molar-refractivity contribution >= 4 is 34.2 Å². The van der Waals surface area contributed by atoms with Gasteiger partial charge in [0, 0.05) is 11.6 Å². The number of hydrogen-bond donors (Lipinski definition) is 2. The van der Waals surface area contributed by atoms with E-state index in [1.807, 2.05) is 67.6 Å². The van der Waals surface area contributed by atoms with Gasteiger partial charge in [0.2, 0.25) is 0 Å². The summed E-state index contributed by atoms with van der Waals surface area (Å²) >= 11 is 12.5. The monoisotopic (exact) mass is 455 g/mol. The number of nitrogens with one attached hydrogen (secondary N) is 2. The highest BCUT2D eigenvalue weighted by Gasteiger charge is 2.13. The van der Waals surface area contributed by atoms with Crippen LogP contribution in [0.4, 0.5) is 0 Å². The van der Waals surface area contributed by atoms with Crippen molar-refractivity contribution in [2.75, 3.05) is 6.61 Å². The maximum Gasteiger partial charge on any atom is 0.180 e. The SMILES string of the molecule is CCOc1cc(CNCc2nc3ccccc3[nH]2)cc(Cl)c1OCc1ccc(Cl)cc1. The number of fused-ring (bicyclic) bond motifs is 1. The van der Waals surface area contributed by atoms with Crippen LogP contribution in [-0.4, -0.2) is 16.6 Å². The van der Waals surface area contributed by atoms with E-state index in [1.54, 1.807) is 0 Å². The summed E-state index contributed by atoms with van der Waals surface area (Å²) in [5.74, 6) is 2.06. The zero-order chi connectivity index (χ0) is 21.6. The Labute approximate surface area is 191 Å². The lowest BCUT2D eigenvalue weighted by molar-refractivity contribution is 0.269. The topological polar surface area (TPSA) is 59.2 Å². The summed E-state index contributed by atoms with van der Waals surface area (Å²) < 4.78 is 11.8. The van der Waals surface area contributed by atoms with Crippen molar-refractivity contribution in [3.63, 3.8) is 0 Å². The molecule has 31 heavy (non-hydrogen) atoms. The predicted molar refractivity (Wildman–Crippen MR) is 125 cm³/mol. The number of para-hydroxylation sites is 2. The zero-order valence-corrected chi connectivity index (χ0v) is 18.6. The van der Waals surface area contributed by atoms with Crippen molar-refractivity contribution in [3.05, 3.63) is 87.7 Å². The molecule has 0 saturated carbocycles. The number of H-pyrrole nitrogens is 1. The molecule has 0 amide bonds. The minimum atomic E-state index is 0.376. The van der Waals surface area contributed by atoms with Crippen LogP contribution in [0.2, 0.25) is 10.0 Å². The van der Waals surface area contributed by atoms with Gasteiger partial charge in [0.1, 0.15) is 12.4 Å². The van der Waals surface area contributed by atoms with Gasteiger partial charge in [0.15, 0.2) is 11.5 Å². The predicted octanol–water partition coefficient (Wildman–Crippen LogP) is 6.14. The highest BCUT2D eigenvalue weighted by atomic mass is 35.5. The fourth-order valence-electron chi connectivity index (χ4n) is 3.28. The molecule has 0 unspecified atom stereocenters. The molecular formula is C24H23Cl2N3O2. The standard InChI is InChI=1S/C24H23Cl2N3O2/c1-2-30-22-12-17(13-27-14-23-28-20-5-3-4-6-21(20)29-23)11-19(26)24(22)31-15-16-7-9-18(25)10-8-16/h3-12,27H,2,13-15H2,1H3,(H,28,29). The van der Waals surface area contributed by atoms with Gasteiger partial charge in [0.25, 0.3) is 0 Å². The van der Waals surface area contributed by atoms with Crippen molar-refractivity contribution in [3.8, 4) is 11.5 Å². The van der Waals surface area contributed by atoms with Gasteiger partial charge < -0.3 is 19.8 Å². The van der Waals surface area contributed by atoms with Crippen molar-refractivity contribution in [2.45, 2.75) is 26.6 Å². The van der Waals surface area contributed by atoms with Crippen LogP contribution >= 0.6 is 23.2 Å². The van der Waals surface area contributed by atoms with Crippen LogP contribution < -0.4 is 14.8 Å². The smallest absolute Gasteiger partial charge is 0.180 e. The van der Waals surface area contributed by atoms with Crippen molar-refractivity contribution < 1.29 is 9.47 Å². The molecule has 3 aromatic carbocycles. The molecule has 0 aliphatic carbocycles. The molecule has 160 valence electrons. The number of aromatic nitrogens is 2. The van der Waals surface area contributed by atoms with Gasteiger partial charge in [-0.05, 0) is 54.4 Å². The molecule has 0 radical (unpaired) electrons. The maximum absolute atomic E-state index is 6.54. The average molecular weight is 456 g/mol. The molecule has 5 nitrogen and oxygen atoms in total. The van der Waals surface area contributed by atoms with Gasteiger partial charge in [-0.1, -0.05) is 47.5 Å². The maximum atomic E-state index is 6.54. The lowest BCUT2D eigenvalue weighted by Crippen LogP contribution is -2.14. The summed E-state index contributed by atoms with van der Waals surface area (Å²) in [6, 6.07) is 19.4. The number of ether oxygens (including phenoxy) is 2. The molecule has 0 saturated heterocycles. The van der Waals surface area contributed by atoms with E-state index in [1.165, 1.54) is 0 Å². The van der Waals surface area contributed by atoms with Gasteiger partial charge in [-0.2, -0.15) is 0 Å². The lowest BCUT2D eigenvalue weighted by Gasteiger charge is -2.15. The summed E-state index contributed by atoms with van der Waals surface area (Å²) in [7, 11) is 0. The molecular weight excluding hydrogens is 433 g/mol. The van der Waals surface area contributed by atoms with E-state index >= 15 is 0 Å². The molecule has 0 aliphatic heterocycles. The first-order valence-corrected chi connectivity index (χ1v) is 10.8. The minimum Gasteiger partial charge on any atom is -0.490 e. The Morgan fingerprint density at radius 3 is 2.52 bits per heavy atom. The Morgan fingerprint density at radius 1 is 0.935 bits per heavy atom. The first kappa shape index (κ1) is 21.5. The first-order valence-electron chi connectivity index (χ1n) is 10.1. The molecule has 4 rings (SSSR count). The molecule has 2 N–H and O–H groups in total. The van der Waals surface area contributed by atoms with Crippen LogP contribution in [0.3, 0.4) is 0 Å². The van der Waals surface area contributed by atoms with Crippen molar-refractivity contribution in [1.82, 2.24) is 15.3 Å². The fraction of sp³-hybridized carbons (Fsp3) is 0.208. The van der Waals surface area contributed by atoms with E-state index in [-0.39, 0.29) is 0 Å². The van der Waals surface area contributed by atoms with E-state index in [0.29, 0.717) is 47.8 Å². The summed E-state index contributed by atoms with van der Waals surface area (Å²) in [4.78, 5) is 7.90. The van der Waals surface area contributed by atoms with Crippen LogP contribution in [0.25, 0.3) is 11.0 Å². The van der Waals surface area contributed by atoms with Crippen LogP contribution in [0.1, 0.15) is 23.9 Å². The third-order valence-corrected chi connectivity index (χ3v) is 5.26. The van der Waals surface area contributed by atoms with E-state index in [9.17, 15) is 0 Å². The Morgan fingerprint density at radius 2 is 1.74 bits per heavy atom. The van der Waals surface area contributed by atoms with E-state index in [0.717, 1.165) is 28.0 Å². The van der Waals surface area contributed by atoms with Gasteiger partial charge in [-0.25, -0.2) is 4.98 Å². The second kappa shape index (κ2) is 10.1. The van der Waals surface area contributed by atoms with Crippen LogP contribution in [-0.2, 0) is 19.7 Å². The average Bonchev–Trinajstić information content (AvgIpc) is 3.17. The Balaban J connectivity index is 1.42. The van der Waals surface area contributed by atoms with Crippen LogP contribution in [0.5, 0.6) is 11.5 Å².